The van der Waals surface area contributed by atoms with Gasteiger partial charge in [0, 0.05) is 12.8 Å². The summed E-state index contributed by atoms with van der Waals surface area (Å²) in [6, 6.07) is -0.883. The van der Waals surface area contributed by atoms with Crippen LogP contribution in [0.25, 0.3) is 0 Å². The molecule has 1 rings (SSSR count). The molecule has 1 heterocycles. The fraction of sp³-hybridized carbons (Fsp3) is 0.727. The van der Waals surface area contributed by atoms with Crippen molar-refractivity contribution in [1.29, 1.82) is 0 Å². The Kier molecular flexibility index (Phi) is 3.53. The molecule has 0 atom stereocenters. The molecular formula is C11H18N2O5S. The number of carbonyl (C=O) groups is 3. The quantitative estimate of drug-likeness (QED) is 0.732. The van der Waals surface area contributed by atoms with Crippen LogP contribution < -0.4 is 5.32 Å². The zero-order chi connectivity index (χ0) is 15.2. The molecule has 0 radical (unpaired) electrons. The first kappa shape index (κ1) is 15.6. The van der Waals surface area contributed by atoms with E-state index < -0.39 is 37.8 Å². The smallest absolute Gasteiger partial charge is 0.277 e. The van der Waals surface area contributed by atoms with Crippen molar-refractivity contribution in [2.75, 3.05) is 12.8 Å². The van der Waals surface area contributed by atoms with Gasteiger partial charge in [-0.3, -0.25) is 19.8 Å². The molecule has 0 aromatic carbocycles. The number of imide groups is 2. The molecule has 1 aliphatic heterocycles. The second-order valence-electron chi connectivity index (χ2n) is 5.81. The molecule has 0 aromatic heterocycles. The molecule has 8 heteroatoms. The van der Waals surface area contributed by atoms with Gasteiger partial charge < -0.3 is 0 Å². The van der Waals surface area contributed by atoms with E-state index in [-0.39, 0.29) is 6.54 Å². The highest BCUT2D eigenvalue weighted by atomic mass is 32.2. The molecule has 0 unspecified atom stereocenters. The molecule has 19 heavy (non-hydrogen) atoms. The highest BCUT2D eigenvalue weighted by molar-refractivity contribution is 7.92. The summed E-state index contributed by atoms with van der Waals surface area (Å²) in [6.07, 6.45) is 1.04. The lowest BCUT2D eigenvalue weighted by molar-refractivity contribution is -0.149. The van der Waals surface area contributed by atoms with Crippen molar-refractivity contribution in [1.82, 2.24) is 10.2 Å². The van der Waals surface area contributed by atoms with E-state index in [0.29, 0.717) is 0 Å². The van der Waals surface area contributed by atoms with E-state index in [1.54, 1.807) is 0 Å². The third-order valence-corrected chi connectivity index (χ3v) is 5.49. The second-order valence-corrected chi connectivity index (χ2v) is 8.46. The summed E-state index contributed by atoms with van der Waals surface area (Å²) < 4.78 is 22.0. The average Bonchev–Trinajstić information content (AvgIpc) is 2.21. The molecule has 0 aliphatic carbocycles. The molecule has 7 nitrogen and oxygen atoms in total. The van der Waals surface area contributed by atoms with Crippen molar-refractivity contribution in [3.8, 4) is 0 Å². The predicted octanol–water partition coefficient (Wildman–Crippen LogP) is -0.0858. The molecule has 1 aliphatic rings. The summed E-state index contributed by atoms with van der Waals surface area (Å²) in [5.41, 5.74) is -1.39. The van der Waals surface area contributed by atoms with Crippen LogP contribution in [0, 0.1) is 5.41 Å². The van der Waals surface area contributed by atoms with Gasteiger partial charge in [0.05, 0.1) is 4.75 Å². The first-order chi connectivity index (χ1) is 8.30. The number of urea groups is 1. The van der Waals surface area contributed by atoms with Crippen LogP contribution in [0.5, 0.6) is 0 Å². The van der Waals surface area contributed by atoms with Crippen LogP contribution in [-0.4, -0.2) is 48.7 Å². The third-order valence-electron chi connectivity index (χ3n) is 3.36. The maximum Gasteiger partial charge on any atom is 0.330 e. The molecule has 0 saturated carbocycles. The van der Waals surface area contributed by atoms with Crippen LogP contribution in [0.1, 0.15) is 27.7 Å². The number of sulfone groups is 1. The highest BCUT2D eigenvalue weighted by Gasteiger charge is 2.49. The summed E-state index contributed by atoms with van der Waals surface area (Å²) in [6.45, 7) is 5.32. The third kappa shape index (κ3) is 2.63. The van der Waals surface area contributed by atoms with Gasteiger partial charge in [0.25, 0.3) is 0 Å². The van der Waals surface area contributed by atoms with Gasteiger partial charge in [-0.25, -0.2) is 13.2 Å². The predicted molar refractivity (Wildman–Crippen MR) is 68.0 cm³/mol. The number of nitrogens with zero attached hydrogens (tertiary/aromatic N) is 1. The molecule has 1 fully saturated rings. The second kappa shape index (κ2) is 4.29. The Morgan fingerprint density at radius 3 is 2.11 bits per heavy atom. The summed E-state index contributed by atoms with van der Waals surface area (Å²) in [5.74, 6) is -1.38. The minimum atomic E-state index is -3.46. The highest BCUT2D eigenvalue weighted by Crippen LogP contribution is 2.26. The van der Waals surface area contributed by atoms with Crippen LogP contribution in [0.4, 0.5) is 4.79 Å². The topological polar surface area (TPSA) is 101 Å². The standard InChI is InChI=1S/C11H18N2O5S/c1-10(2,19(5,17)18)6-13-8(15)11(3,4)7(14)12-9(13)16/h6H2,1-5H3,(H,12,14,16). The van der Waals surface area contributed by atoms with E-state index in [1.165, 1.54) is 27.7 Å². The first-order valence-corrected chi connectivity index (χ1v) is 7.57. The van der Waals surface area contributed by atoms with Crippen molar-refractivity contribution in [2.45, 2.75) is 32.4 Å². The van der Waals surface area contributed by atoms with Crippen molar-refractivity contribution in [2.24, 2.45) is 5.41 Å². The number of hydrogen-bond acceptors (Lipinski definition) is 5. The van der Waals surface area contributed by atoms with E-state index in [1.807, 2.05) is 0 Å². The number of carbonyl (C=O) groups excluding carboxylic acids is 3. The van der Waals surface area contributed by atoms with Gasteiger partial charge in [0.2, 0.25) is 11.8 Å². The average molecular weight is 290 g/mol. The van der Waals surface area contributed by atoms with E-state index in [9.17, 15) is 22.8 Å². The van der Waals surface area contributed by atoms with Crippen molar-refractivity contribution >= 4 is 27.7 Å². The minimum absolute atomic E-state index is 0.298. The fourth-order valence-corrected chi connectivity index (χ4v) is 1.85. The van der Waals surface area contributed by atoms with Crippen LogP contribution in [-0.2, 0) is 19.4 Å². The lowest BCUT2D eigenvalue weighted by Crippen LogP contribution is -2.64. The van der Waals surface area contributed by atoms with Crippen LogP contribution in [0.3, 0.4) is 0 Å². The van der Waals surface area contributed by atoms with Crippen molar-refractivity contribution in [3.05, 3.63) is 0 Å². The van der Waals surface area contributed by atoms with Crippen LogP contribution >= 0.6 is 0 Å². The fourth-order valence-electron chi connectivity index (χ4n) is 1.49. The first-order valence-electron chi connectivity index (χ1n) is 5.68. The molecule has 0 spiro atoms. The van der Waals surface area contributed by atoms with Gasteiger partial charge in [-0.1, -0.05) is 0 Å². The zero-order valence-corrected chi connectivity index (χ0v) is 12.4. The largest absolute Gasteiger partial charge is 0.330 e. The number of nitrogens with one attached hydrogen (secondary N) is 1. The lowest BCUT2D eigenvalue weighted by atomic mass is 9.88. The van der Waals surface area contributed by atoms with Crippen LogP contribution in [0.15, 0.2) is 0 Å². The Balaban J connectivity index is 3.11. The molecule has 0 aromatic rings. The van der Waals surface area contributed by atoms with E-state index >= 15 is 0 Å². The Bertz CT molecular complexity index is 547. The normalized spacial score (nSPS) is 20.5. The maximum atomic E-state index is 12.1. The summed E-state index contributed by atoms with van der Waals surface area (Å²) >= 11 is 0. The summed E-state index contributed by atoms with van der Waals surface area (Å²) in [5, 5.41) is 2.06. The van der Waals surface area contributed by atoms with E-state index in [2.05, 4.69) is 5.32 Å². The molecule has 0 bridgehead atoms. The molecule has 108 valence electrons. The number of hydrogen-bond donors (Lipinski definition) is 1. The van der Waals surface area contributed by atoms with E-state index in [0.717, 1.165) is 11.2 Å². The Morgan fingerprint density at radius 1 is 1.21 bits per heavy atom. The van der Waals surface area contributed by atoms with Gasteiger partial charge in [0.1, 0.15) is 5.41 Å². The zero-order valence-electron chi connectivity index (χ0n) is 11.6. The summed E-state index contributed by atoms with van der Waals surface area (Å²) in [4.78, 5) is 36.1. The lowest BCUT2D eigenvalue weighted by Gasteiger charge is -2.37. The van der Waals surface area contributed by atoms with Crippen LogP contribution in [0.2, 0.25) is 0 Å². The molecule has 4 amide bonds. The van der Waals surface area contributed by atoms with Gasteiger partial charge >= 0.3 is 6.03 Å². The summed E-state index contributed by atoms with van der Waals surface area (Å²) in [7, 11) is -3.46. The number of barbiturate groups is 1. The maximum absolute atomic E-state index is 12.1. The van der Waals surface area contributed by atoms with Gasteiger partial charge in [-0.05, 0) is 27.7 Å². The minimum Gasteiger partial charge on any atom is -0.277 e. The number of amides is 4. The van der Waals surface area contributed by atoms with E-state index in [4.69, 9.17) is 0 Å². The van der Waals surface area contributed by atoms with Crippen molar-refractivity contribution in [3.63, 3.8) is 0 Å². The Labute approximate surface area is 112 Å². The van der Waals surface area contributed by atoms with Gasteiger partial charge in [-0.15, -0.1) is 0 Å². The molecular weight excluding hydrogens is 272 g/mol. The Hall–Kier alpha value is -1.44. The molecule has 1 N–H and O–H groups in total. The number of rotatable bonds is 3. The van der Waals surface area contributed by atoms with Gasteiger partial charge in [0.15, 0.2) is 9.84 Å². The Morgan fingerprint density at radius 2 is 1.68 bits per heavy atom. The SMILES string of the molecule is CC1(C)C(=O)NC(=O)N(CC(C)(C)S(C)(=O)=O)C1=O. The van der Waals surface area contributed by atoms with Gasteiger partial charge in [-0.2, -0.15) is 0 Å². The molecule has 1 saturated heterocycles. The monoisotopic (exact) mass is 290 g/mol. The van der Waals surface area contributed by atoms with Crippen molar-refractivity contribution < 1.29 is 22.8 Å².